The number of para-hydroxylation sites is 1. The Kier molecular flexibility index (Phi) is 5.43. The average molecular weight is 232 g/mol. The monoisotopic (exact) mass is 232 g/mol. The summed E-state index contributed by atoms with van der Waals surface area (Å²) in [4.78, 5) is 13.7. The highest BCUT2D eigenvalue weighted by Crippen LogP contribution is 2.12. The van der Waals surface area contributed by atoms with Gasteiger partial charge >= 0.3 is 0 Å². The second kappa shape index (κ2) is 6.86. The molecular weight excluding hydrogens is 212 g/mol. The second-order valence-corrected chi connectivity index (χ2v) is 4.09. The van der Waals surface area contributed by atoms with E-state index in [0.29, 0.717) is 6.42 Å². The van der Waals surface area contributed by atoms with Gasteiger partial charge in [-0.25, -0.2) is 0 Å². The summed E-state index contributed by atoms with van der Waals surface area (Å²) >= 11 is 0. The summed E-state index contributed by atoms with van der Waals surface area (Å²) in [6.45, 7) is 6.36. The highest BCUT2D eigenvalue weighted by atomic mass is 16.2. The van der Waals surface area contributed by atoms with Crippen molar-refractivity contribution in [3.05, 3.63) is 43.0 Å². The van der Waals surface area contributed by atoms with Crippen LogP contribution in [0.3, 0.4) is 0 Å². The SMILES string of the molecule is C=CCN[C@@H](C)CC(=O)N(C)c1ccccc1. The summed E-state index contributed by atoms with van der Waals surface area (Å²) in [5.41, 5.74) is 0.924. The van der Waals surface area contributed by atoms with Crippen LogP contribution in [0.15, 0.2) is 43.0 Å². The molecule has 0 aliphatic carbocycles. The molecule has 0 spiro atoms. The van der Waals surface area contributed by atoms with Crippen LogP contribution in [0, 0.1) is 0 Å². The van der Waals surface area contributed by atoms with Crippen molar-refractivity contribution in [2.75, 3.05) is 18.5 Å². The Bertz CT molecular complexity index is 362. The fourth-order valence-electron chi connectivity index (χ4n) is 1.55. The van der Waals surface area contributed by atoms with Crippen molar-refractivity contribution >= 4 is 11.6 Å². The largest absolute Gasteiger partial charge is 0.315 e. The lowest BCUT2D eigenvalue weighted by Gasteiger charge is -2.20. The topological polar surface area (TPSA) is 32.3 Å². The molecule has 0 aliphatic heterocycles. The molecule has 0 saturated carbocycles. The second-order valence-electron chi connectivity index (χ2n) is 4.09. The van der Waals surface area contributed by atoms with Crippen molar-refractivity contribution in [1.82, 2.24) is 5.32 Å². The van der Waals surface area contributed by atoms with E-state index in [2.05, 4.69) is 11.9 Å². The number of amides is 1. The van der Waals surface area contributed by atoms with Crippen LogP contribution < -0.4 is 10.2 Å². The summed E-state index contributed by atoms with van der Waals surface area (Å²) in [6, 6.07) is 9.82. The Morgan fingerprint density at radius 3 is 2.71 bits per heavy atom. The van der Waals surface area contributed by atoms with E-state index in [1.807, 2.05) is 37.3 Å². The first-order chi connectivity index (χ1) is 8.15. The third-order valence-corrected chi connectivity index (χ3v) is 2.61. The minimum Gasteiger partial charge on any atom is -0.315 e. The summed E-state index contributed by atoms with van der Waals surface area (Å²) in [5, 5.41) is 3.20. The molecule has 0 heterocycles. The van der Waals surface area contributed by atoms with Crippen molar-refractivity contribution in [2.45, 2.75) is 19.4 Å². The lowest BCUT2D eigenvalue weighted by atomic mass is 10.2. The van der Waals surface area contributed by atoms with Gasteiger partial charge < -0.3 is 10.2 Å². The number of rotatable bonds is 6. The van der Waals surface area contributed by atoms with Gasteiger partial charge in [0.15, 0.2) is 0 Å². The summed E-state index contributed by atoms with van der Waals surface area (Å²) in [5.74, 6) is 0.111. The van der Waals surface area contributed by atoms with E-state index in [9.17, 15) is 4.79 Å². The fourth-order valence-corrected chi connectivity index (χ4v) is 1.55. The molecule has 1 atom stereocenters. The molecule has 1 aromatic rings. The normalized spacial score (nSPS) is 11.9. The van der Waals surface area contributed by atoms with Crippen LogP contribution >= 0.6 is 0 Å². The van der Waals surface area contributed by atoms with Crippen LogP contribution in [-0.4, -0.2) is 25.5 Å². The Hall–Kier alpha value is -1.61. The van der Waals surface area contributed by atoms with Crippen LogP contribution in [0.1, 0.15) is 13.3 Å². The third-order valence-electron chi connectivity index (χ3n) is 2.61. The van der Waals surface area contributed by atoms with Crippen LogP contribution in [0.4, 0.5) is 5.69 Å². The van der Waals surface area contributed by atoms with E-state index in [1.54, 1.807) is 18.0 Å². The van der Waals surface area contributed by atoms with Gasteiger partial charge in [0, 0.05) is 31.7 Å². The minimum atomic E-state index is 0.111. The van der Waals surface area contributed by atoms with E-state index >= 15 is 0 Å². The molecule has 0 aliphatic rings. The maximum atomic E-state index is 12.0. The van der Waals surface area contributed by atoms with Crippen molar-refractivity contribution in [3.63, 3.8) is 0 Å². The van der Waals surface area contributed by atoms with Crippen LogP contribution in [0.5, 0.6) is 0 Å². The highest BCUT2D eigenvalue weighted by Gasteiger charge is 2.13. The average Bonchev–Trinajstić information content (AvgIpc) is 2.36. The van der Waals surface area contributed by atoms with Gasteiger partial charge in [0.25, 0.3) is 0 Å². The predicted molar refractivity (Wildman–Crippen MR) is 72.1 cm³/mol. The Labute approximate surface area is 103 Å². The smallest absolute Gasteiger partial charge is 0.228 e. The minimum absolute atomic E-state index is 0.111. The zero-order valence-corrected chi connectivity index (χ0v) is 10.5. The molecule has 0 unspecified atom stereocenters. The molecule has 0 radical (unpaired) electrons. The first kappa shape index (κ1) is 13.5. The molecular formula is C14H20N2O. The van der Waals surface area contributed by atoms with E-state index in [0.717, 1.165) is 12.2 Å². The van der Waals surface area contributed by atoms with Gasteiger partial charge in [-0.1, -0.05) is 24.3 Å². The Morgan fingerprint density at radius 2 is 2.12 bits per heavy atom. The number of benzene rings is 1. The summed E-state index contributed by atoms with van der Waals surface area (Å²) in [6.07, 6.45) is 2.28. The number of nitrogens with one attached hydrogen (secondary N) is 1. The van der Waals surface area contributed by atoms with Crippen LogP contribution in [-0.2, 0) is 4.79 Å². The molecule has 1 rings (SSSR count). The molecule has 0 saturated heterocycles. The van der Waals surface area contributed by atoms with E-state index < -0.39 is 0 Å². The van der Waals surface area contributed by atoms with Gasteiger partial charge in [-0.05, 0) is 19.1 Å². The highest BCUT2D eigenvalue weighted by molar-refractivity contribution is 5.93. The number of nitrogens with zero attached hydrogens (tertiary/aromatic N) is 1. The molecule has 92 valence electrons. The van der Waals surface area contributed by atoms with Gasteiger partial charge in [-0.3, -0.25) is 4.79 Å². The Morgan fingerprint density at radius 1 is 1.47 bits per heavy atom. The van der Waals surface area contributed by atoms with Crippen molar-refractivity contribution in [1.29, 1.82) is 0 Å². The summed E-state index contributed by atoms with van der Waals surface area (Å²) in [7, 11) is 1.80. The molecule has 0 bridgehead atoms. The van der Waals surface area contributed by atoms with E-state index in [4.69, 9.17) is 0 Å². The molecule has 1 N–H and O–H groups in total. The van der Waals surface area contributed by atoms with Gasteiger partial charge in [0.05, 0.1) is 0 Å². The van der Waals surface area contributed by atoms with Gasteiger partial charge in [0.1, 0.15) is 0 Å². The fraction of sp³-hybridized carbons (Fsp3) is 0.357. The number of carbonyl (C=O) groups is 1. The molecule has 1 amide bonds. The molecule has 0 aromatic heterocycles. The first-order valence-electron chi connectivity index (χ1n) is 5.81. The lowest BCUT2D eigenvalue weighted by molar-refractivity contribution is -0.118. The van der Waals surface area contributed by atoms with Crippen molar-refractivity contribution in [2.24, 2.45) is 0 Å². The zero-order chi connectivity index (χ0) is 12.7. The number of anilines is 1. The van der Waals surface area contributed by atoms with Crippen molar-refractivity contribution in [3.8, 4) is 0 Å². The predicted octanol–water partition coefficient (Wildman–Crippen LogP) is 2.20. The van der Waals surface area contributed by atoms with E-state index in [1.165, 1.54) is 0 Å². The molecule has 1 aromatic carbocycles. The maximum Gasteiger partial charge on any atom is 0.228 e. The van der Waals surface area contributed by atoms with Gasteiger partial charge in [-0.15, -0.1) is 6.58 Å². The number of hydrogen-bond donors (Lipinski definition) is 1. The Balaban J connectivity index is 2.50. The van der Waals surface area contributed by atoms with Crippen LogP contribution in [0.25, 0.3) is 0 Å². The molecule has 0 fully saturated rings. The van der Waals surface area contributed by atoms with Crippen molar-refractivity contribution < 1.29 is 4.79 Å². The molecule has 3 heteroatoms. The lowest BCUT2D eigenvalue weighted by Crippen LogP contribution is -2.35. The first-order valence-corrected chi connectivity index (χ1v) is 5.81. The standard InChI is InChI=1S/C14H20N2O/c1-4-10-15-12(2)11-14(17)16(3)13-8-6-5-7-9-13/h4-9,12,15H,1,10-11H2,2-3H3/t12-/m0/s1. The van der Waals surface area contributed by atoms with E-state index in [-0.39, 0.29) is 11.9 Å². The molecule has 3 nitrogen and oxygen atoms in total. The molecule has 17 heavy (non-hydrogen) atoms. The van der Waals surface area contributed by atoms with Gasteiger partial charge in [0.2, 0.25) is 5.91 Å². The van der Waals surface area contributed by atoms with Crippen LogP contribution in [0.2, 0.25) is 0 Å². The number of carbonyl (C=O) groups excluding carboxylic acids is 1. The third kappa shape index (κ3) is 4.41. The number of hydrogen-bond acceptors (Lipinski definition) is 2. The quantitative estimate of drug-likeness (QED) is 0.763. The van der Waals surface area contributed by atoms with Gasteiger partial charge in [-0.2, -0.15) is 0 Å². The zero-order valence-electron chi connectivity index (χ0n) is 10.5. The summed E-state index contributed by atoms with van der Waals surface area (Å²) < 4.78 is 0. The maximum absolute atomic E-state index is 12.0.